The molecule has 0 unspecified atom stereocenters. The zero-order valence-electron chi connectivity index (χ0n) is 18.6. The van der Waals surface area contributed by atoms with Crippen LogP contribution in [0.1, 0.15) is 64.3 Å². The molecule has 1 N–H and O–H groups in total. The summed E-state index contributed by atoms with van der Waals surface area (Å²) in [5, 5.41) is 2.56. The first kappa shape index (κ1) is 24.0. The standard InChI is InChI=1S/C23H29NO7/c1-6-28-22(26)18-16(5)31-21(19(18)23(27)29-7-2)24-17(25)12-9-13-30-20-14(3)10-8-11-15(20)4/h8,10-11H,6-7,9,12-13H2,1-5H3,(H,24,25). The highest BCUT2D eigenvalue weighted by molar-refractivity contribution is 6.09. The molecule has 0 bridgehead atoms. The number of aryl methyl sites for hydroxylation is 3. The summed E-state index contributed by atoms with van der Waals surface area (Å²) in [5.41, 5.74) is 1.87. The first-order valence-electron chi connectivity index (χ1n) is 10.3. The highest BCUT2D eigenvalue weighted by Crippen LogP contribution is 2.29. The highest BCUT2D eigenvalue weighted by atomic mass is 16.5. The van der Waals surface area contributed by atoms with Crippen molar-refractivity contribution >= 4 is 23.7 Å². The molecule has 1 amide bonds. The van der Waals surface area contributed by atoms with Gasteiger partial charge < -0.3 is 18.6 Å². The summed E-state index contributed by atoms with van der Waals surface area (Å²) in [5.74, 6) is -1.01. The van der Waals surface area contributed by atoms with Crippen LogP contribution in [0.5, 0.6) is 5.75 Å². The molecular formula is C23H29NO7. The molecule has 2 aromatic rings. The van der Waals surface area contributed by atoms with Gasteiger partial charge in [0.05, 0.1) is 19.8 Å². The number of carbonyl (C=O) groups is 3. The predicted molar refractivity (Wildman–Crippen MR) is 115 cm³/mol. The molecule has 8 heteroatoms. The Labute approximate surface area is 181 Å². The third kappa shape index (κ3) is 6.10. The van der Waals surface area contributed by atoms with Gasteiger partial charge in [-0.05, 0) is 52.2 Å². The maximum atomic E-state index is 12.4. The average Bonchev–Trinajstić information content (AvgIpc) is 3.03. The number of benzene rings is 1. The maximum Gasteiger partial charge on any atom is 0.344 e. The highest BCUT2D eigenvalue weighted by Gasteiger charge is 2.31. The van der Waals surface area contributed by atoms with Crippen molar-refractivity contribution in [3.63, 3.8) is 0 Å². The number of carbonyl (C=O) groups excluding carboxylic acids is 3. The lowest BCUT2D eigenvalue weighted by Gasteiger charge is -2.11. The van der Waals surface area contributed by atoms with E-state index in [0.717, 1.165) is 16.9 Å². The Balaban J connectivity index is 2.05. The fourth-order valence-corrected chi connectivity index (χ4v) is 3.10. The van der Waals surface area contributed by atoms with E-state index in [1.165, 1.54) is 6.92 Å². The molecule has 0 aliphatic rings. The van der Waals surface area contributed by atoms with Crippen LogP contribution in [-0.4, -0.2) is 37.7 Å². The molecule has 0 spiro atoms. The van der Waals surface area contributed by atoms with E-state index < -0.39 is 11.9 Å². The molecule has 0 radical (unpaired) electrons. The van der Waals surface area contributed by atoms with Gasteiger partial charge in [-0.25, -0.2) is 9.59 Å². The molecule has 2 rings (SSSR count). The number of hydrogen-bond donors (Lipinski definition) is 1. The largest absolute Gasteiger partial charge is 0.493 e. The Bertz CT molecular complexity index is 925. The van der Waals surface area contributed by atoms with Gasteiger partial charge in [0.15, 0.2) is 0 Å². The minimum atomic E-state index is -0.768. The zero-order valence-corrected chi connectivity index (χ0v) is 18.6. The molecule has 1 heterocycles. The van der Waals surface area contributed by atoms with E-state index >= 15 is 0 Å². The topological polar surface area (TPSA) is 104 Å². The SMILES string of the molecule is CCOC(=O)c1c(C)oc(NC(=O)CCCOc2c(C)cccc2C)c1C(=O)OCC. The lowest BCUT2D eigenvalue weighted by Crippen LogP contribution is -2.18. The normalized spacial score (nSPS) is 10.5. The monoisotopic (exact) mass is 431 g/mol. The lowest BCUT2D eigenvalue weighted by molar-refractivity contribution is -0.116. The van der Waals surface area contributed by atoms with Gasteiger partial charge in [-0.3, -0.25) is 10.1 Å². The van der Waals surface area contributed by atoms with E-state index in [-0.39, 0.29) is 48.3 Å². The number of rotatable bonds is 10. The van der Waals surface area contributed by atoms with Crippen molar-refractivity contribution in [1.29, 1.82) is 0 Å². The van der Waals surface area contributed by atoms with Gasteiger partial charge in [-0.1, -0.05) is 18.2 Å². The molecule has 1 aromatic heterocycles. The number of nitrogens with one attached hydrogen (secondary N) is 1. The molecule has 0 saturated heterocycles. The van der Waals surface area contributed by atoms with Crippen LogP contribution in [0.25, 0.3) is 0 Å². The van der Waals surface area contributed by atoms with Crippen molar-refractivity contribution in [2.75, 3.05) is 25.1 Å². The predicted octanol–water partition coefficient (Wildman–Crippen LogP) is 4.36. The number of para-hydroxylation sites is 1. The van der Waals surface area contributed by atoms with Crippen LogP contribution >= 0.6 is 0 Å². The summed E-state index contributed by atoms with van der Waals surface area (Å²) in [6.45, 7) is 9.34. The third-order valence-corrected chi connectivity index (χ3v) is 4.50. The summed E-state index contributed by atoms with van der Waals surface area (Å²) >= 11 is 0. The summed E-state index contributed by atoms with van der Waals surface area (Å²) < 4.78 is 21.3. The lowest BCUT2D eigenvalue weighted by atomic mass is 10.1. The Kier molecular flexibility index (Phi) is 8.66. The van der Waals surface area contributed by atoms with Crippen LogP contribution in [0.3, 0.4) is 0 Å². The Morgan fingerprint density at radius 2 is 1.52 bits per heavy atom. The average molecular weight is 431 g/mol. The van der Waals surface area contributed by atoms with E-state index in [1.54, 1.807) is 13.8 Å². The molecule has 0 atom stereocenters. The van der Waals surface area contributed by atoms with Gasteiger partial charge in [0.1, 0.15) is 22.6 Å². The van der Waals surface area contributed by atoms with Crippen molar-refractivity contribution in [2.24, 2.45) is 0 Å². The second-order valence-electron chi connectivity index (χ2n) is 6.90. The molecule has 1 aromatic carbocycles. The van der Waals surface area contributed by atoms with Crippen molar-refractivity contribution in [2.45, 2.75) is 47.5 Å². The quantitative estimate of drug-likeness (QED) is 0.440. The number of hydrogen-bond acceptors (Lipinski definition) is 7. The van der Waals surface area contributed by atoms with Crippen molar-refractivity contribution in [1.82, 2.24) is 0 Å². The molecule has 8 nitrogen and oxygen atoms in total. The fourth-order valence-electron chi connectivity index (χ4n) is 3.10. The molecule has 31 heavy (non-hydrogen) atoms. The second kappa shape index (κ2) is 11.2. The van der Waals surface area contributed by atoms with Gasteiger partial charge in [-0.2, -0.15) is 0 Å². The minimum Gasteiger partial charge on any atom is -0.493 e. The van der Waals surface area contributed by atoms with Crippen LogP contribution in [0.15, 0.2) is 22.6 Å². The smallest absolute Gasteiger partial charge is 0.344 e. The number of ether oxygens (including phenoxy) is 3. The van der Waals surface area contributed by atoms with Crippen LogP contribution in [0.2, 0.25) is 0 Å². The summed E-state index contributed by atoms with van der Waals surface area (Å²) in [4.78, 5) is 37.1. The Morgan fingerprint density at radius 3 is 2.10 bits per heavy atom. The number of esters is 2. The van der Waals surface area contributed by atoms with Crippen LogP contribution in [-0.2, 0) is 14.3 Å². The van der Waals surface area contributed by atoms with Crippen LogP contribution in [0.4, 0.5) is 5.88 Å². The van der Waals surface area contributed by atoms with Gasteiger partial charge in [0.2, 0.25) is 11.8 Å². The first-order valence-corrected chi connectivity index (χ1v) is 10.3. The van der Waals surface area contributed by atoms with E-state index in [1.807, 2.05) is 32.0 Å². The summed E-state index contributed by atoms with van der Waals surface area (Å²) in [7, 11) is 0. The molecular weight excluding hydrogens is 402 g/mol. The number of furan rings is 1. The maximum absolute atomic E-state index is 12.4. The van der Waals surface area contributed by atoms with Crippen molar-refractivity contribution in [3.8, 4) is 5.75 Å². The summed E-state index contributed by atoms with van der Waals surface area (Å²) in [6.07, 6.45) is 0.598. The second-order valence-corrected chi connectivity index (χ2v) is 6.90. The zero-order chi connectivity index (χ0) is 23.0. The molecule has 0 saturated carbocycles. The van der Waals surface area contributed by atoms with Crippen molar-refractivity contribution in [3.05, 3.63) is 46.2 Å². The molecule has 0 aliphatic carbocycles. The van der Waals surface area contributed by atoms with E-state index in [9.17, 15) is 14.4 Å². The number of amides is 1. The van der Waals surface area contributed by atoms with Crippen molar-refractivity contribution < 1.29 is 33.0 Å². The van der Waals surface area contributed by atoms with Gasteiger partial charge >= 0.3 is 11.9 Å². The minimum absolute atomic E-state index is 0.0473. The Morgan fingerprint density at radius 1 is 0.935 bits per heavy atom. The van der Waals surface area contributed by atoms with Gasteiger partial charge in [0.25, 0.3) is 0 Å². The van der Waals surface area contributed by atoms with Gasteiger partial charge in [-0.15, -0.1) is 0 Å². The Hall–Kier alpha value is -3.29. The summed E-state index contributed by atoms with van der Waals surface area (Å²) in [6, 6.07) is 5.89. The van der Waals surface area contributed by atoms with Crippen LogP contribution < -0.4 is 10.1 Å². The molecule has 0 fully saturated rings. The first-order chi connectivity index (χ1) is 14.8. The van der Waals surface area contributed by atoms with Crippen LogP contribution in [0, 0.1) is 20.8 Å². The van der Waals surface area contributed by atoms with Gasteiger partial charge in [0, 0.05) is 6.42 Å². The molecule has 168 valence electrons. The number of anilines is 1. The van der Waals surface area contributed by atoms with E-state index in [0.29, 0.717) is 13.0 Å². The fraction of sp³-hybridized carbons (Fsp3) is 0.435. The third-order valence-electron chi connectivity index (χ3n) is 4.50. The molecule has 0 aliphatic heterocycles. The van der Waals surface area contributed by atoms with E-state index in [4.69, 9.17) is 18.6 Å². The van der Waals surface area contributed by atoms with E-state index in [2.05, 4.69) is 5.32 Å².